The van der Waals surface area contributed by atoms with Crippen LogP contribution in [0.25, 0.3) is 33.1 Å². The Morgan fingerprint density at radius 1 is 0.711 bits per heavy atom. The van der Waals surface area contributed by atoms with Crippen molar-refractivity contribution in [3.63, 3.8) is 0 Å². The average molecular weight is 683 g/mol. The van der Waals surface area contributed by atoms with Gasteiger partial charge in [0.2, 0.25) is 0 Å². The molecule has 0 N–H and O–H groups in total. The zero-order valence-electron chi connectivity index (χ0n) is 27.9. The fourth-order valence-corrected chi connectivity index (χ4v) is 5.94. The maximum absolute atomic E-state index is 5.37. The second-order valence-corrected chi connectivity index (χ2v) is 14.3. The normalized spacial score (nSPS) is 12.1. The molecule has 0 aliphatic carbocycles. The summed E-state index contributed by atoms with van der Waals surface area (Å²) in [7, 11) is 9.53. The third-order valence-electron chi connectivity index (χ3n) is 8.52. The van der Waals surface area contributed by atoms with Gasteiger partial charge in [0.05, 0.1) is 33.8 Å². The van der Waals surface area contributed by atoms with Gasteiger partial charge in [0.15, 0.2) is 0 Å². The minimum atomic E-state index is 0.194. The van der Waals surface area contributed by atoms with Gasteiger partial charge in [-0.3, -0.25) is 4.99 Å². The van der Waals surface area contributed by atoms with Crippen LogP contribution in [0.15, 0.2) is 71.7 Å². The quantitative estimate of drug-likeness (QED) is 0.0928. The summed E-state index contributed by atoms with van der Waals surface area (Å²) in [4.78, 5) is 15.7. The van der Waals surface area contributed by atoms with E-state index >= 15 is 0 Å². The molecule has 0 spiro atoms. The van der Waals surface area contributed by atoms with E-state index in [0.717, 1.165) is 57.4 Å². The summed E-state index contributed by atoms with van der Waals surface area (Å²) in [5.74, 6) is 1.26. The molecule has 0 aliphatic heterocycles. The van der Waals surface area contributed by atoms with Crippen molar-refractivity contribution < 1.29 is 13.1 Å². The number of aromatic nitrogens is 2. The van der Waals surface area contributed by atoms with Gasteiger partial charge in [0.25, 0.3) is 0 Å². The van der Waals surface area contributed by atoms with Gasteiger partial charge in [-0.1, -0.05) is 110 Å². The third kappa shape index (κ3) is 7.80. The zero-order valence-corrected chi connectivity index (χ0v) is 30.6. The van der Waals surface area contributed by atoms with Gasteiger partial charge in [-0.25, -0.2) is 9.97 Å². The maximum atomic E-state index is 5.37. The van der Waals surface area contributed by atoms with E-state index < -0.39 is 0 Å². The van der Waals surface area contributed by atoms with Crippen LogP contribution < -0.4 is 0 Å². The Bertz CT molecular complexity index is 1770. The van der Waals surface area contributed by atoms with Crippen LogP contribution in [-0.2, 0) is 26.0 Å². The summed E-state index contributed by atoms with van der Waals surface area (Å²) >= 11 is 0.194. The Morgan fingerprint density at radius 3 is 1.69 bits per heavy atom. The van der Waals surface area contributed by atoms with Crippen molar-refractivity contribution in [2.75, 3.05) is 0 Å². The SMILES string of the molecule is CCc1cccc(CC)c1N=C(C)c1ccc2ccc3ccc(-c4c(C(C)C)cc(C(C)C)cc4C(C)C)nc3c2n1.[Cl][Fe][Cl]. The molecular weight excluding hydrogens is 637 g/mol. The molecule has 0 saturated carbocycles. The number of para-hydroxylation sites is 1. The molecule has 6 heteroatoms. The number of fused-ring (bicyclic) bond motifs is 3. The predicted octanol–water partition coefficient (Wildman–Crippen LogP) is 12.5. The standard InChI is InChI=1S/C39H45N3.2ClH.Fe/c1-10-27-13-12-14-28(11-2)37(27)40-26(9)34-19-17-29-15-16-30-18-20-35(42-39(30)38(29)41-34)36-32(24(5)6)21-31(23(3)4)22-33(36)25(7)8;;;/h12-25H,10-11H2,1-9H3;2*1H;/q;;;+2/p-2. The van der Waals surface area contributed by atoms with Gasteiger partial charge >= 0.3 is 33.3 Å². The number of rotatable bonds is 8. The molecule has 2 aromatic heterocycles. The first-order valence-electron chi connectivity index (χ1n) is 15.9. The van der Waals surface area contributed by atoms with Gasteiger partial charge in [-0.2, -0.15) is 0 Å². The molecule has 238 valence electrons. The Morgan fingerprint density at radius 2 is 1.20 bits per heavy atom. The number of aliphatic imine (C=N–C) groups is 1. The molecular formula is C39H45Cl2FeN3. The van der Waals surface area contributed by atoms with Crippen LogP contribution in [0.5, 0.6) is 0 Å². The van der Waals surface area contributed by atoms with Crippen molar-refractivity contribution >= 4 is 53.4 Å². The third-order valence-corrected chi connectivity index (χ3v) is 8.52. The monoisotopic (exact) mass is 681 g/mol. The van der Waals surface area contributed by atoms with Crippen LogP contribution in [0.1, 0.15) is 114 Å². The van der Waals surface area contributed by atoms with Crippen LogP contribution in [0.4, 0.5) is 5.69 Å². The van der Waals surface area contributed by atoms with Crippen molar-refractivity contribution in [1.82, 2.24) is 9.97 Å². The molecule has 3 aromatic carbocycles. The molecule has 0 amide bonds. The van der Waals surface area contributed by atoms with E-state index in [1.165, 1.54) is 33.4 Å². The number of halogens is 2. The summed E-state index contributed by atoms with van der Waals surface area (Å²) < 4.78 is 0. The molecule has 0 radical (unpaired) electrons. The van der Waals surface area contributed by atoms with E-state index in [9.17, 15) is 0 Å². The summed E-state index contributed by atoms with van der Waals surface area (Å²) in [6.45, 7) is 20.2. The summed E-state index contributed by atoms with van der Waals surface area (Å²) in [5, 5.41) is 2.20. The van der Waals surface area contributed by atoms with E-state index in [-0.39, 0.29) is 13.1 Å². The van der Waals surface area contributed by atoms with Gasteiger partial charge in [-0.15, -0.1) is 0 Å². The van der Waals surface area contributed by atoms with Gasteiger partial charge in [0, 0.05) is 16.3 Å². The number of hydrogen-bond acceptors (Lipinski definition) is 3. The molecule has 3 nitrogen and oxygen atoms in total. The number of nitrogens with zero attached hydrogens (tertiary/aromatic N) is 3. The summed E-state index contributed by atoms with van der Waals surface area (Å²) in [6, 6.07) is 24.3. The molecule has 0 bridgehead atoms. The molecule has 0 saturated heterocycles. The molecule has 0 unspecified atom stereocenters. The van der Waals surface area contributed by atoms with Crippen molar-refractivity contribution in [2.45, 2.75) is 92.9 Å². The number of hydrogen-bond donors (Lipinski definition) is 0. The summed E-state index contributed by atoms with van der Waals surface area (Å²) in [6.07, 6.45) is 1.91. The van der Waals surface area contributed by atoms with E-state index in [0.29, 0.717) is 17.8 Å². The molecule has 0 atom stereocenters. The first-order valence-corrected chi connectivity index (χ1v) is 19.0. The zero-order chi connectivity index (χ0) is 32.8. The second-order valence-electron chi connectivity index (χ2n) is 12.5. The molecule has 0 aliphatic rings. The van der Waals surface area contributed by atoms with Crippen LogP contribution >= 0.6 is 20.2 Å². The number of benzene rings is 3. The topological polar surface area (TPSA) is 38.1 Å². The van der Waals surface area contributed by atoms with Crippen LogP contribution in [0.3, 0.4) is 0 Å². The molecule has 2 heterocycles. The molecule has 45 heavy (non-hydrogen) atoms. The van der Waals surface area contributed by atoms with Crippen molar-refractivity contribution in [2.24, 2.45) is 4.99 Å². The Balaban J connectivity index is 0.00000148. The first-order chi connectivity index (χ1) is 21.5. The summed E-state index contributed by atoms with van der Waals surface area (Å²) in [5.41, 5.74) is 13.8. The Labute approximate surface area is 284 Å². The molecule has 0 fully saturated rings. The van der Waals surface area contributed by atoms with Gasteiger partial charge < -0.3 is 0 Å². The van der Waals surface area contributed by atoms with E-state index in [4.69, 9.17) is 35.2 Å². The van der Waals surface area contributed by atoms with Crippen LogP contribution in [0.2, 0.25) is 0 Å². The second kappa shape index (κ2) is 15.7. The fourth-order valence-electron chi connectivity index (χ4n) is 5.94. The van der Waals surface area contributed by atoms with Crippen LogP contribution in [0, 0.1) is 0 Å². The number of pyridine rings is 2. The average Bonchev–Trinajstić information content (AvgIpc) is 3.03. The van der Waals surface area contributed by atoms with E-state index in [2.05, 4.69) is 129 Å². The predicted molar refractivity (Wildman–Crippen MR) is 194 cm³/mol. The first kappa shape index (κ1) is 35.1. The molecule has 5 aromatic rings. The fraction of sp³-hybridized carbons (Fsp3) is 0.359. The van der Waals surface area contributed by atoms with Crippen molar-refractivity contribution in [3.8, 4) is 11.3 Å². The van der Waals surface area contributed by atoms with Gasteiger partial charge in [-0.05, 0) is 77.5 Å². The van der Waals surface area contributed by atoms with Crippen molar-refractivity contribution in [3.05, 3.63) is 100 Å². The number of aryl methyl sites for hydroxylation is 2. The minimum absolute atomic E-state index is 0.194. The Kier molecular flexibility index (Phi) is 12.2. The van der Waals surface area contributed by atoms with Gasteiger partial charge in [0.1, 0.15) is 0 Å². The van der Waals surface area contributed by atoms with E-state index in [1.807, 2.05) is 0 Å². The van der Waals surface area contributed by atoms with Crippen LogP contribution in [-0.4, -0.2) is 15.7 Å². The van der Waals surface area contributed by atoms with E-state index in [1.54, 1.807) is 0 Å². The Hall–Kier alpha value is -2.75. The van der Waals surface area contributed by atoms with Crippen molar-refractivity contribution in [1.29, 1.82) is 0 Å². The molecule has 5 rings (SSSR count).